The van der Waals surface area contributed by atoms with Gasteiger partial charge in [-0.05, 0) is 36.8 Å². The van der Waals surface area contributed by atoms with Crippen LogP contribution in [0.15, 0.2) is 82.7 Å². The van der Waals surface area contributed by atoms with Gasteiger partial charge < -0.3 is 19.9 Å². The molecule has 3 aromatic rings. The lowest BCUT2D eigenvalue weighted by molar-refractivity contribution is -0.141. The third kappa shape index (κ3) is 4.54. The molecule has 166 valence electrons. The highest BCUT2D eigenvalue weighted by Crippen LogP contribution is 2.45. The van der Waals surface area contributed by atoms with Gasteiger partial charge in [0, 0.05) is 16.1 Å². The number of hydrogen-bond acceptors (Lipinski definition) is 6. The molecular formula is C25H18BrFN2O4. The van der Waals surface area contributed by atoms with E-state index in [1.54, 1.807) is 18.2 Å². The summed E-state index contributed by atoms with van der Waals surface area (Å²) >= 11 is 3.53. The quantitative estimate of drug-likeness (QED) is 0.376. The number of halogens is 2. The summed E-state index contributed by atoms with van der Waals surface area (Å²) in [6, 6.07) is 20.3. The number of ether oxygens (including phenoxy) is 3. The molecule has 0 bridgehead atoms. The Balaban J connectivity index is 1.60. The predicted octanol–water partition coefficient (Wildman–Crippen LogP) is 5.18. The first kappa shape index (κ1) is 22.4. The van der Waals surface area contributed by atoms with Gasteiger partial charge in [0.15, 0.2) is 17.7 Å². The molecule has 0 fully saturated rings. The lowest BCUT2D eigenvalue weighted by atomic mass is 9.83. The molecule has 6 nitrogen and oxygen atoms in total. The molecule has 8 heteroatoms. The highest BCUT2D eigenvalue weighted by Gasteiger charge is 2.32. The van der Waals surface area contributed by atoms with Gasteiger partial charge in [-0.3, -0.25) is 0 Å². The van der Waals surface area contributed by atoms with E-state index in [4.69, 9.17) is 19.9 Å². The summed E-state index contributed by atoms with van der Waals surface area (Å²) in [5.74, 6) is -1.26. The first-order chi connectivity index (χ1) is 15.9. The first-order valence-electron chi connectivity index (χ1n) is 9.98. The maximum absolute atomic E-state index is 13.8. The summed E-state index contributed by atoms with van der Waals surface area (Å²) in [5.41, 5.74) is 7.86. The van der Waals surface area contributed by atoms with Crippen LogP contribution in [0, 0.1) is 17.1 Å². The van der Waals surface area contributed by atoms with Crippen molar-refractivity contribution in [1.29, 1.82) is 5.26 Å². The van der Waals surface area contributed by atoms with Crippen molar-refractivity contribution in [3.63, 3.8) is 0 Å². The van der Waals surface area contributed by atoms with Gasteiger partial charge in [-0.25, -0.2) is 9.18 Å². The minimum Gasteiger partial charge on any atom is -0.476 e. The van der Waals surface area contributed by atoms with E-state index in [2.05, 4.69) is 22.0 Å². The average molecular weight is 509 g/mol. The fraction of sp³-hybridized carbons (Fsp3) is 0.120. The molecule has 0 aromatic heterocycles. The van der Waals surface area contributed by atoms with Gasteiger partial charge in [-0.15, -0.1) is 0 Å². The zero-order valence-electron chi connectivity index (χ0n) is 17.4. The fourth-order valence-corrected chi connectivity index (χ4v) is 4.02. The molecule has 0 saturated carbocycles. The number of carbonyl (C=O) groups is 1. The van der Waals surface area contributed by atoms with Crippen LogP contribution in [0.25, 0.3) is 0 Å². The SMILES string of the molecule is CC(Oc1ccccc1F)C(=O)Oc1ccc2c(c1)OC(N)=C(C#N)C2c1ccccc1Br. The summed E-state index contributed by atoms with van der Waals surface area (Å²) in [6.07, 6.45) is -1.05. The van der Waals surface area contributed by atoms with Crippen molar-refractivity contribution >= 4 is 21.9 Å². The van der Waals surface area contributed by atoms with Crippen LogP contribution in [0.2, 0.25) is 0 Å². The number of carbonyl (C=O) groups excluding carboxylic acids is 1. The Morgan fingerprint density at radius 1 is 1.15 bits per heavy atom. The van der Waals surface area contributed by atoms with E-state index >= 15 is 0 Å². The van der Waals surface area contributed by atoms with Gasteiger partial charge in [0.2, 0.25) is 5.88 Å². The Morgan fingerprint density at radius 3 is 2.61 bits per heavy atom. The molecule has 0 radical (unpaired) electrons. The van der Waals surface area contributed by atoms with Crippen LogP contribution in [0.5, 0.6) is 17.2 Å². The topological polar surface area (TPSA) is 94.6 Å². The molecule has 0 aliphatic carbocycles. The van der Waals surface area contributed by atoms with Gasteiger partial charge in [0.05, 0.1) is 5.92 Å². The van der Waals surface area contributed by atoms with E-state index in [1.165, 1.54) is 31.2 Å². The maximum Gasteiger partial charge on any atom is 0.352 e. The fourth-order valence-electron chi connectivity index (χ4n) is 3.51. The Bertz CT molecular complexity index is 1300. The standard InChI is InChI=1S/C25H18BrFN2O4/c1-14(31-21-9-5-4-8-20(21)27)25(30)32-15-10-11-17-22(12-15)33-24(29)18(13-28)23(17)16-6-2-3-7-19(16)26/h2-12,14,23H,29H2,1H3. The number of nitrogens with two attached hydrogens (primary N) is 1. The van der Waals surface area contributed by atoms with Crippen LogP contribution >= 0.6 is 15.9 Å². The highest BCUT2D eigenvalue weighted by atomic mass is 79.9. The number of allylic oxidation sites excluding steroid dienone is 1. The molecule has 33 heavy (non-hydrogen) atoms. The van der Waals surface area contributed by atoms with Gasteiger partial charge in [0.25, 0.3) is 0 Å². The Hall–Kier alpha value is -3.83. The van der Waals surface area contributed by atoms with E-state index in [1.807, 2.05) is 24.3 Å². The number of para-hydroxylation sites is 1. The number of rotatable bonds is 5. The van der Waals surface area contributed by atoms with Gasteiger partial charge >= 0.3 is 5.97 Å². The van der Waals surface area contributed by atoms with E-state index in [-0.39, 0.29) is 23.0 Å². The third-order valence-electron chi connectivity index (χ3n) is 5.10. The second-order valence-corrected chi connectivity index (χ2v) is 8.11. The van der Waals surface area contributed by atoms with E-state index < -0.39 is 23.8 Å². The van der Waals surface area contributed by atoms with Crippen molar-refractivity contribution in [2.75, 3.05) is 0 Å². The molecule has 2 atom stereocenters. The van der Waals surface area contributed by atoms with Crippen LogP contribution in [-0.2, 0) is 4.79 Å². The van der Waals surface area contributed by atoms with Crippen molar-refractivity contribution in [3.8, 4) is 23.3 Å². The average Bonchev–Trinajstić information content (AvgIpc) is 2.80. The number of nitriles is 1. The number of nitrogens with zero attached hydrogens (tertiary/aromatic N) is 1. The maximum atomic E-state index is 13.8. The van der Waals surface area contributed by atoms with Crippen molar-refractivity contribution in [2.45, 2.75) is 18.9 Å². The van der Waals surface area contributed by atoms with Crippen LogP contribution in [0.1, 0.15) is 24.0 Å². The minimum atomic E-state index is -1.05. The summed E-state index contributed by atoms with van der Waals surface area (Å²) in [7, 11) is 0. The van der Waals surface area contributed by atoms with E-state index in [0.29, 0.717) is 11.3 Å². The molecular weight excluding hydrogens is 491 g/mol. The third-order valence-corrected chi connectivity index (χ3v) is 5.82. The lowest BCUT2D eigenvalue weighted by Crippen LogP contribution is -2.29. The van der Waals surface area contributed by atoms with Crippen molar-refractivity contribution in [2.24, 2.45) is 5.73 Å². The zero-order valence-corrected chi connectivity index (χ0v) is 19.0. The number of hydrogen-bond donors (Lipinski definition) is 1. The summed E-state index contributed by atoms with van der Waals surface area (Å²) < 4.78 is 31.1. The number of esters is 1. The Labute approximate surface area is 198 Å². The van der Waals surface area contributed by atoms with Crippen LogP contribution in [0.4, 0.5) is 4.39 Å². The van der Waals surface area contributed by atoms with Crippen molar-refractivity contribution in [3.05, 3.63) is 99.6 Å². The summed E-state index contributed by atoms with van der Waals surface area (Å²) in [4.78, 5) is 12.5. The van der Waals surface area contributed by atoms with Crippen LogP contribution < -0.4 is 19.9 Å². The van der Waals surface area contributed by atoms with Crippen molar-refractivity contribution in [1.82, 2.24) is 0 Å². The Kier molecular flexibility index (Phi) is 6.33. The normalized spacial score (nSPS) is 15.6. The van der Waals surface area contributed by atoms with Gasteiger partial charge in [-0.2, -0.15) is 5.26 Å². The largest absolute Gasteiger partial charge is 0.476 e. The van der Waals surface area contributed by atoms with E-state index in [0.717, 1.165) is 10.0 Å². The monoisotopic (exact) mass is 508 g/mol. The highest BCUT2D eigenvalue weighted by molar-refractivity contribution is 9.10. The molecule has 2 N–H and O–H groups in total. The molecule has 1 aliphatic rings. The smallest absolute Gasteiger partial charge is 0.352 e. The van der Waals surface area contributed by atoms with E-state index in [9.17, 15) is 14.4 Å². The molecule has 4 rings (SSSR count). The molecule has 0 amide bonds. The van der Waals surface area contributed by atoms with Gasteiger partial charge in [-0.1, -0.05) is 52.3 Å². The predicted molar refractivity (Wildman–Crippen MR) is 122 cm³/mol. The molecule has 1 aliphatic heterocycles. The van der Waals surface area contributed by atoms with Gasteiger partial charge in [0.1, 0.15) is 23.1 Å². The van der Waals surface area contributed by atoms with Crippen LogP contribution in [-0.4, -0.2) is 12.1 Å². The molecule has 1 heterocycles. The molecule has 2 unspecified atom stereocenters. The summed E-state index contributed by atoms with van der Waals surface area (Å²) in [6.45, 7) is 1.46. The van der Waals surface area contributed by atoms with Crippen LogP contribution in [0.3, 0.4) is 0 Å². The molecule has 0 saturated heterocycles. The second-order valence-electron chi connectivity index (χ2n) is 7.26. The number of fused-ring (bicyclic) bond motifs is 1. The first-order valence-corrected chi connectivity index (χ1v) is 10.8. The minimum absolute atomic E-state index is 0.0227. The van der Waals surface area contributed by atoms with Crippen molar-refractivity contribution < 1.29 is 23.4 Å². The molecule has 3 aromatic carbocycles. The summed E-state index contributed by atoms with van der Waals surface area (Å²) in [5, 5.41) is 9.69. The second kappa shape index (κ2) is 9.35. The zero-order chi connectivity index (χ0) is 23.5. The number of benzene rings is 3. The lowest BCUT2D eigenvalue weighted by Gasteiger charge is -2.27. The Morgan fingerprint density at radius 2 is 1.88 bits per heavy atom. The molecule has 0 spiro atoms.